The van der Waals surface area contributed by atoms with Crippen molar-refractivity contribution in [1.29, 1.82) is 0 Å². The van der Waals surface area contributed by atoms with Crippen LogP contribution in [0, 0.1) is 23.7 Å². The number of nitrogens with zero attached hydrogens (tertiary/aromatic N) is 1. The van der Waals surface area contributed by atoms with Crippen molar-refractivity contribution in [3.63, 3.8) is 0 Å². The van der Waals surface area contributed by atoms with E-state index in [0.717, 1.165) is 6.42 Å². The predicted octanol–water partition coefficient (Wildman–Crippen LogP) is 4.57. The van der Waals surface area contributed by atoms with E-state index in [1.54, 1.807) is 36.4 Å². The highest BCUT2D eigenvalue weighted by Crippen LogP contribution is 2.54. The van der Waals surface area contributed by atoms with Crippen LogP contribution in [0.1, 0.15) is 24.6 Å². The van der Waals surface area contributed by atoms with E-state index in [1.807, 2.05) is 12.2 Å². The Bertz CT molecular complexity index is 1030. The summed E-state index contributed by atoms with van der Waals surface area (Å²) in [6.07, 6.45) is 4.86. The number of rotatable bonds is 5. The van der Waals surface area contributed by atoms with Crippen molar-refractivity contribution in [3.05, 3.63) is 64.0 Å². The molecule has 1 saturated carbocycles. The number of carbonyl (C=O) groups excluding carboxylic acids is 3. The van der Waals surface area contributed by atoms with E-state index in [0.29, 0.717) is 21.1 Å². The fourth-order valence-electron chi connectivity index (χ4n) is 4.98. The number of nitrogens with one attached hydrogen (secondary N) is 1. The van der Waals surface area contributed by atoms with Gasteiger partial charge in [-0.25, -0.2) is 0 Å². The van der Waals surface area contributed by atoms with Gasteiger partial charge in [0.05, 0.1) is 18.3 Å². The van der Waals surface area contributed by atoms with E-state index in [2.05, 4.69) is 21.2 Å². The number of benzene rings is 1. The number of halogens is 2. The molecule has 0 spiro atoms. The molecule has 2 aliphatic carbocycles. The Balaban J connectivity index is 1.42. The molecule has 1 N–H and O–H groups in total. The topological polar surface area (TPSA) is 79.6 Å². The fraction of sp³-hybridized carbons (Fsp3) is 0.318. The second-order valence-electron chi connectivity index (χ2n) is 7.96. The number of carbonyl (C=O) groups is 3. The van der Waals surface area contributed by atoms with E-state index in [-0.39, 0.29) is 47.8 Å². The van der Waals surface area contributed by atoms with Crippen LogP contribution in [-0.2, 0) is 14.4 Å². The van der Waals surface area contributed by atoms with Crippen LogP contribution in [0.2, 0.25) is 5.02 Å². The number of allylic oxidation sites excluding steroid dienone is 2. The third kappa shape index (κ3) is 3.20. The van der Waals surface area contributed by atoms with Crippen LogP contribution in [0.5, 0.6) is 0 Å². The third-order valence-electron chi connectivity index (χ3n) is 6.25. The summed E-state index contributed by atoms with van der Waals surface area (Å²) in [5, 5.41) is 3.36. The second-order valence-corrected chi connectivity index (χ2v) is 9.18. The molecule has 3 amide bonds. The van der Waals surface area contributed by atoms with Gasteiger partial charge in [-0.05, 0) is 70.6 Å². The maximum absolute atomic E-state index is 13.3. The molecule has 8 heteroatoms. The van der Waals surface area contributed by atoms with Crippen LogP contribution in [0.15, 0.2) is 57.6 Å². The molecular formula is C22H18BrClN2O4. The average Bonchev–Trinajstić information content (AvgIpc) is 3.47. The molecule has 2 bridgehead atoms. The smallest absolute Gasteiger partial charge is 0.234 e. The quantitative estimate of drug-likeness (QED) is 0.493. The Labute approximate surface area is 186 Å². The lowest BCUT2D eigenvalue weighted by Crippen LogP contribution is -2.38. The molecule has 5 atom stereocenters. The molecule has 1 aromatic carbocycles. The Morgan fingerprint density at radius 2 is 1.73 bits per heavy atom. The molecule has 2 fully saturated rings. The van der Waals surface area contributed by atoms with Gasteiger partial charge < -0.3 is 9.73 Å². The summed E-state index contributed by atoms with van der Waals surface area (Å²) in [6, 6.07) is 9.32. The van der Waals surface area contributed by atoms with Gasteiger partial charge in [-0.1, -0.05) is 23.8 Å². The number of hydrogen-bond acceptors (Lipinski definition) is 4. The molecule has 5 rings (SSSR count). The molecule has 154 valence electrons. The number of imide groups is 1. The van der Waals surface area contributed by atoms with Crippen LogP contribution < -0.4 is 5.32 Å². The molecule has 2 heterocycles. The Morgan fingerprint density at radius 1 is 1.10 bits per heavy atom. The lowest BCUT2D eigenvalue weighted by molar-refractivity contribution is -0.144. The first kappa shape index (κ1) is 19.6. The maximum atomic E-state index is 13.3. The minimum absolute atomic E-state index is 0.0950. The monoisotopic (exact) mass is 488 g/mol. The maximum Gasteiger partial charge on any atom is 0.234 e. The number of fused-ring (bicyclic) bond motifs is 5. The minimum Gasteiger partial charge on any atom is -0.452 e. The molecule has 3 aliphatic rings. The Hall–Kier alpha value is -2.38. The largest absolute Gasteiger partial charge is 0.452 e. The zero-order valence-electron chi connectivity index (χ0n) is 15.8. The molecule has 0 radical (unpaired) electrons. The van der Waals surface area contributed by atoms with E-state index >= 15 is 0 Å². The highest BCUT2D eigenvalue weighted by molar-refractivity contribution is 9.10. The predicted molar refractivity (Wildman–Crippen MR) is 113 cm³/mol. The summed E-state index contributed by atoms with van der Waals surface area (Å²) in [5.41, 5.74) is 0.585. The summed E-state index contributed by atoms with van der Waals surface area (Å²) < 4.78 is 6.14. The van der Waals surface area contributed by atoms with Crippen LogP contribution in [0.4, 0.5) is 5.69 Å². The summed E-state index contributed by atoms with van der Waals surface area (Å²) >= 11 is 9.16. The standard InChI is InChI=1S/C22H18BrClN2O4/c23-17-8-7-16(30-17)15(10-18(27)25-14-5-3-13(24)4-6-14)26-21(28)19-11-1-2-12(9-11)20(19)22(26)29/h1-8,11-12,15,19-20H,9-10H2,(H,25,27). The number of likely N-dealkylation sites (tertiary alicyclic amines) is 1. The lowest BCUT2D eigenvalue weighted by atomic mass is 9.85. The first-order valence-corrected chi connectivity index (χ1v) is 11.0. The van der Waals surface area contributed by atoms with Crippen LogP contribution >= 0.6 is 27.5 Å². The van der Waals surface area contributed by atoms with E-state index < -0.39 is 6.04 Å². The van der Waals surface area contributed by atoms with Crippen molar-refractivity contribution in [2.75, 3.05) is 5.32 Å². The second kappa shape index (κ2) is 7.39. The zero-order chi connectivity index (χ0) is 21.0. The van der Waals surface area contributed by atoms with E-state index in [1.165, 1.54) is 4.90 Å². The number of furan rings is 1. The summed E-state index contributed by atoms with van der Waals surface area (Å²) in [4.78, 5) is 40.6. The van der Waals surface area contributed by atoms with E-state index in [9.17, 15) is 14.4 Å². The van der Waals surface area contributed by atoms with Crippen molar-refractivity contribution in [2.24, 2.45) is 23.7 Å². The first-order chi connectivity index (χ1) is 14.4. The summed E-state index contributed by atoms with van der Waals surface area (Å²) in [5.74, 6) is -0.789. The molecule has 1 saturated heterocycles. The van der Waals surface area contributed by atoms with Gasteiger partial charge in [0.1, 0.15) is 11.8 Å². The van der Waals surface area contributed by atoms with Crippen molar-refractivity contribution < 1.29 is 18.8 Å². The van der Waals surface area contributed by atoms with Crippen molar-refractivity contribution >= 4 is 50.9 Å². The minimum atomic E-state index is -0.798. The average molecular weight is 490 g/mol. The number of hydrogen-bond donors (Lipinski definition) is 1. The van der Waals surface area contributed by atoms with Gasteiger partial charge >= 0.3 is 0 Å². The van der Waals surface area contributed by atoms with Crippen LogP contribution in [0.25, 0.3) is 0 Å². The van der Waals surface area contributed by atoms with Crippen molar-refractivity contribution in [3.8, 4) is 0 Å². The molecular weight excluding hydrogens is 472 g/mol. The molecule has 1 aliphatic heterocycles. The highest BCUT2D eigenvalue weighted by Gasteiger charge is 2.60. The van der Waals surface area contributed by atoms with Gasteiger partial charge in [0.15, 0.2) is 4.67 Å². The Morgan fingerprint density at radius 3 is 2.30 bits per heavy atom. The molecule has 30 heavy (non-hydrogen) atoms. The summed E-state index contributed by atoms with van der Waals surface area (Å²) in [6.45, 7) is 0. The normalized spacial score (nSPS) is 27.6. The number of anilines is 1. The van der Waals surface area contributed by atoms with Crippen LogP contribution in [0.3, 0.4) is 0 Å². The van der Waals surface area contributed by atoms with E-state index in [4.69, 9.17) is 16.0 Å². The van der Waals surface area contributed by atoms with Crippen molar-refractivity contribution in [1.82, 2.24) is 4.90 Å². The molecule has 2 aromatic rings. The molecule has 5 unspecified atom stereocenters. The van der Waals surface area contributed by atoms with Gasteiger partial charge in [-0.3, -0.25) is 19.3 Å². The summed E-state index contributed by atoms with van der Waals surface area (Å²) in [7, 11) is 0. The Kier molecular flexibility index (Phi) is 4.82. The zero-order valence-corrected chi connectivity index (χ0v) is 18.1. The van der Waals surface area contributed by atoms with Gasteiger partial charge in [-0.2, -0.15) is 0 Å². The molecule has 6 nitrogen and oxygen atoms in total. The highest BCUT2D eigenvalue weighted by atomic mass is 79.9. The lowest BCUT2D eigenvalue weighted by Gasteiger charge is -2.26. The SMILES string of the molecule is O=C(CC(c1ccc(Br)o1)N1C(=O)C2C3C=CC(C3)C2C1=O)Nc1ccc(Cl)cc1. The van der Waals surface area contributed by atoms with Gasteiger partial charge in [0.25, 0.3) is 0 Å². The van der Waals surface area contributed by atoms with Crippen molar-refractivity contribution in [2.45, 2.75) is 18.9 Å². The fourth-order valence-corrected chi connectivity index (χ4v) is 5.42. The van der Waals surface area contributed by atoms with Gasteiger partial charge in [-0.15, -0.1) is 0 Å². The van der Waals surface area contributed by atoms with Crippen LogP contribution in [-0.4, -0.2) is 22.6 Å². The third-order valence-corrected chi connectivity index (χ3v) is 6.92. The number of amides is 3. The van der Waals surface area contributed by atoms with Gasteiger partial charge in [0, 0.05) is 10.7 Å². The molecule has 1 aromatic heterocycles. The van der Waals surface area contributed by atoms with Gasteiger partial charge in [0.2, 0.25) is 17.7 Å². The first-order valence-electron chi connectivity index (χ1n) is 9.78.